The average Bonchev–Trinajstić information content (AvgIpc) is 3.05. The van der Waals surface area contributed by atoms with E-state index in [1.807, 2.05) is 121 Å². The van der Waals surface area contributed by atoms with Crippen molar-refractivity contribution in [1.82, 2.24) is 0 Å². The maximum absolute atomic E-state index is 12.5. The topological polar surface area (TPSA) is 66.4 Å². The molecule has 0 bridgehead atoms. The molecular weight excluding hydrogens is 528 g/mol. The van der Waals surface area contributed by atoms with Gasteiger partial charge in [-0.05, 0) is 28.8 Å². The normalized spacial score (nSPS) is 23.6. The lowest BCUT2D eigenvalue weighted by Crippen LogP contribution is -2.68. The Hall–Kier alpha value is -3.80. The van der Waals surface area contributed by atoms with Gasteiger partial charge in [-0.15, -0.1) is 0 Å². The van der Waals surface area contributed by atoms with Gasteiger partial charge in [0.05, 0.1) is 26.4 Å². The monoisotopic (exact) mass is 564 g/mol. The van der Waals surface area contributed by atoms with Gasteiger partial charge in [-0.3, -0.25) is 0 Å². The van der Waals surface area contributed by atoms with Crippen LogP contribution in [-0.2, 0) is 43.5 Å². The molecule has 0 radical (unpaired) electrons. The Bertz CT molecular complexity index is 1400. The van der Waals surface area contributed by atoms with Gasteiger partial charge in [-0.1, -0.05) is 121 Å². The number of hydrogen-bond donors (Lipinski definition) is 1. The number of benzene rings is 4. The zero-order chi connectivity index (χ0) is 29.0. The summed E-state index contributed by atoms with van der Waals surface area (Å²) < 4.78 is 31.1. The van der Waals surface area contributed by atoms with Gasteiger partial charge in [0.25, 0.3) is 0 Å². The Kier molecular flexibility index (Phi) is 10.5. The lowest BCUT2D eigenvalue weighted by Gasteiger charge is -2.48. The molecule has 216 valence electrons. The van der Waals surface area contributed by atoms with E-state index >= 15 is 0 Å². The van der Waals surface area contributed by atoms with E-state index in [2.05, 4.69) is 11.8 Å². The molecule has 1 N–H and O–H groups in total. The summed E-state index contributed by atoms with van der Waals surface area (Å²) in [6, 6.07) is 39.0. The van der Waals surface area contributed by atoms with Gasteiger partial charge in [0, 0.05) is 12.7 Å². The fourth-order valence-corrected chi connectivity index (χ4v) is 4.89. The minimum Gasteiger partial charge on any atom is -0.374 e. The maximum Gasteiger partial charge on any atom is 0.186 e. The molecule has 0 unspecified atom stereocenters. The Morgan fingerprint density at radius 2 is 1.19 bits per heavy atom. The van der Waals surface area contributed by atoms with Crippen molar-refractivity contribution in [2.24, 2.45) is 0 Å². The second-order valence-electron chi connectivity index (χ2n) is 10.1. The van der Waals surface area contributed by atoms with Gasteiger partial charge < -0.3 is 28.8 Å². The summed E-state index contributed by atoms with van der Waals surface area (Å²) in [5, 5.41) is 12.5. The predicted molar refractivity (Wildman–Crippen MR) is 160 cm³/mol. The molecule has 1 saturated heterocycles. The van der Waals surface area contributed by atoms with Gasteiger partial charge in [0.15, 0.2) is 11.9 Å². The van der Waals surface area contributed by atoms with Gasteiger partial charge in [0.1, 0.15) is 18.3 Å². The van der Waals surface area contributed by atoms with Crippen LogP contribution < -0.4 is 0 Å². The molecular formula is C36H36O6. The van der Waals surface area contributed by atoms with Crippen LogP contribution in [-0.4, -0.2) is 49.0 Å². The molecule has 5 rings (SSSR count). The van der Waals surface area contributed by atoms with E-state index in [0.29, 0.717) is 6.61 Å². The predicted octanol–water partition coefficient (Wildman–Crippen LogP) is 5.53. The van der Waals surface area contributed by atoms with Crippen molar-refractivity contribution < 1.29 is 28.8 Å². The van der Waals surface area contributed by atoms with Crippen molar-refractivity contribution in [3.8, 4) is 11.8 Å². The molecule has 4 aromatic rings. The molecule has 5 atom stereocenters. The lowest BCUT2D eigenvalue weighted by atomic mass is 9.84. The van der Waals surface area contributed by atoms with Crippen molar-refractivity contribution in [2.45, 2.75) is 50.0 Å². The summed E-state index contributed by atoms with van der Waals surface area (Å²) >= 11 is 0. The second-order valence-corrected chi connectivity index (χ2v) is 10.1. The quantitative estimate of drug-likeness (QED) is 0.242. The average molecular weight is 565 g/mol. The minimum absolute atomic E-state index is 0.0608. The second kappa shape index (κ2) is 14.9. The summed E-state index contributed by atoms with van der Waals surface area (Å²) in [6.07, 6.45) is -3.45. The molecule has 1 heterocycles. The first-order valence-electron chi connectivity index (χ1n) is 14.1. The van der Waals surface area contributed by atoms with Crippen molar-refractivity contribution in [2.75, 3.05) is 13.7 Å². The van der Waals surface area contributed by atoms with E-state index < -0.39 is 30.2 Å². The molecule has 1 aliphatic heterocycles. The van der Waals surface area contributed by atoms with Crippen molar-refractivity contribution in [3.05, 3.63) is 144 Å². The molecule has 42 heavy (non-hydrogen) atoms. The third-order valence-corrected chi connectivity index (χ3v) is 7.14. The third kappa shape index (κ3) is 7.72. The number of ether oxygens (including phenoxy) is 5. The Balaban J connectivity index is 1.47. The van der Waals surface area contributed by atoms with Crippen LogP contribution in [0, 0.1) is 11.8 Å². The highest BCUT2D eigenvalue weighted by molar-refractivity contribution is 5.38. The van der Waals surface area contributed by atoms with Crippen molar-refractivity contribution in [1.29, 1.82) is 0 Å². The first-order chi connectivity index (χ1) is 20.7. The lowest BCUT2D eigenvalue weighted by molar-refractivity contribution is -0.332. The Morgan fingerprint density at radius 3 is 1.74 bits per heavy atom. The molecule has 0 aromatic heterocycles. The van der Waals surface area contributed by atoms with Crippen LogP contribution in [0.4, 0.5) is 0 Å². The maximum atomic E-state index is 12.5. The summed E-state index contributed by atoms with van der Waals surface area (Å²) in [4.78, 5) is 0. The van der Waals surface area contributed by atoms with Gasteiger partial charge in [-0.2, -0.15) is 0 Å². The first kappa shape index (κ1) is 29.7. The molecule has 0 spiro atoms. The highest BCUT2D eigenvalue weighted by Gasteiger charge is 2.57. The highest BCUT2D eigenvalue weighted by atomic mass is 16.7. The summed E-state index contributed by atoms with van der Waals surface area (Å²) in [6.45, 7) is 0.923. The summed E-state index contributed by atoms with van der Waals surface area (Å²) in [5.41, 5.74) is 1.90. The zero-order valence-electron chi connectivity index (χ0n) is 23.7. The minimum atomic E-state index is -1.79. The first-order valence-corrected chi connectivity index (χ1v) is 14.1. The van der Waals surface area contributed by atoms with Crippen LogP contribution in [0.5, 0.6) is 0 Å². The SMILES string of the molecule is CO[C@H]1O[C@H](COCc2ccccc2)[C@](O)(C#Cc2ccccc2)[C@H](OCc2ccccc2)[C@H]1OCc1ccccc1. The Morgan fingerprint density at radius 1 is 0.690 bits per heavy atom. The standard InChI is InChI=1S/C36H36O6/c1-38-35-33(40-25-30-18-10-4-11-19-30)34(41-26-31-20-12-5-13-21-31)36(37,23-22-28-14-6-2-7-15-28)32(42-35)27-39-24-29-16-8-3-9-17-29/h2-21,32-35,37H,24-27H2,1H3/t32-,33-,34-,35+,36-/m1/s1. The van der Waals surface area contributed by atoms with E-state index in [1.54, 1.807) is 7.11 Å². The fourth-order valence-electron chi connectivity index (χ4n) is 4.89. The van der Waals surface area contributed by atoms with E-state index in [1.165, 1.54) is 0 Å². The highest BCUT2D eigenvalue weighted by Crippen LogP contribution is 2.35. The van der Waals surface area contributed by atoms with Gasteiger partial charge in [0.2, 0.25) is 0 Å². The van der Waals surface area contributed by atoms with Crippen LogP contribution in [0.1, 0.15) is 22.3 Å². The molecule has 0 aliphatic carbocycles. The molecule has 1 fully saturated rings. The number of rotatable bonds is 11. The van der Waals surface area contributed by atoms with E-state index in [-0.39, 0.29) is 19.8 Å². The molecule has 0 amide bonds. The van der Waals surface area contributed by atoms with Crippen molar-refractivity contribution in [3.63, 3.8) is 0 Å². The molecule has 6 nitrogen and oxygen atoms in total. The van der Waals surface area contributed by atoms with Crippen LogP contribution in [0.2, 0.25) is 0 Å². The smallest absolute Gasteiger partial charge is 0.186 e. The molecule has 4 aromatic carbocycles. The Labute approximate surface area is 247 Å². The molecule has 0 saturated carbocycles. The third-order valence-electron chi connectivity index (χ3n) is 7.14. The summed E-state index contributed by atoms with van der Waals surface area (Å²) in [5.74, 6) is 6.25. The largest absolute Gasteiger partial charge is 0.374 e. The van der Waals surface area contributed by atoms with Gasteiger partial charge in [-0.25, -0.2) is 0 Å². The van der Waals surface area contributed by atoms with Crippen LogP contribution >= 0.6 is 0 Å². The van der Waals surface area contributed by atoms with Gasteiger partial charge >= 0.3 is 0 Å². The molecule has 1 aliphatic rings. The number of aliphatic hydroxyl groups is 1. The van der Waals surface area contributed by atoms with Crippen LogP contribution in [0.15, 0.2) is 121 Å². The fraction of sp³-hybridized carbons (Fsp3) is 0.278. The zero-order valence-corrected chi connectivity index (χ0v) is 23.7. The van der Waals surface area contributed by atoms with Crippen LogP contribution in [0.3, 0.4) is 0 Å². The van der Waals surface area contributed by atoms with E-state index in [4.69, 9.17) is 23.7 Å². The summed E-state index contributed by atoms with van der Waals surface area (Å²) in [7, 11) is 1.56. The van der Waals surface area contributed by atoms with E-state index in [0.717, 1.165) is 22.3 Å². The number of hydrogen-bond acceptors (Lipinski definition) is 6. The molecule has 6 heteroatoms. The number of methoxy groups -OCH3 is 1. The van der Waals surface area contributed by atoms with E-state index in [9.17, 15) is 5.11 Å². The van der Waals surface area contributed by atoms with Crippen LogP contribution in [0.25, 0.3) is 0 Å². The van der Waals surface area contributed by atoms with Crippen molar-refractivity contribution >= 4 is 0 Å².